The average Bonchev–Trinajstić information content (AvgIpc) is 3.20. The number of rotatable bonds is 3. The van der Waals surface area contributed by atoms with Gasteiger partial charge in [0.15, 0.2) is 0 Å². The summed E-state index contributed by atoms with van der Waals surface area (Å²) in [4.78, 5) is 0. The zero-order chi connectivity index (χ0) is 14.0. The standard InChI is InChI=1S/C19H33N/c1-18(2)15-9-10-19(18,3)17(12-15)20-16-6-4-5-14(11-16)13-7-8-13/h13-17,20H,4-12H2,1-3H3. The Morgan fingerprint density at radius 1 is 0.850 bits per heavy atom. The maximum Gasteiger partial charge on any atom is 0.0131 e. The van der Waals surface area contributed by atoms with Crippen LogP contribution in [0.4, 0.5) is 0 Å². The number of hydrogen-bond acceptors (Lipinski definition) is 1. The van der Waals surface area contributed by atoms with Crippen molar-refractivity contribution in [1.29, 1.82) is 0 Å². The van der Waals surface area contributed by atoms with E-state index in [4.69, 9.17) is 0 Å². The summed E-state index contributed by atoms with van der Waals surface area (Å²) in [5, 5.41) is 4.16. The molecule has 2 bridgehead atoms. The van der Waals surface area contributed by atoms with Gasteiger partial charge in [0.25, 0.3) is 0 Å². The fourth-order valence-corrected chi connectivity index (χ4v) is 6.12. The Labute approximate surface area is 125 Å². The first-order valence-corrected chi connectivity index (χ1v) is 9.27. The SMILES string of the molecule is CC1(C)C2CCC1(C)C(NC1CCCC(C3CC3)C1)C2. The molecule has 4 rings (SSSR count). The van der Waals surface area contributed by atoms with E-state index in [2.05, 4.69) is 26.1 Å². The lowest BCUT2D eigenvalue weighted by molar-refractivity contribution is 0.106. The Morgan fingerprint density at radius 2 is 1.65 bits per heavy atom. The van der Waals surface area contributed by atoms with Crippen molar-refractivity contribution in [2.45, 2.75) is 90.6 Å². The largest absolute Gasteiger partial charge is 0.311 e. The van der Waals surface area contributed by atoms with Gasteiger partial charge in [-0.25, -0.2) is 0 Å². The minimum atomic E-state index is 0.560. The van der Waals surface area contributed by atoms with E-state index in [0.717, 1.165) is 29.8 Å². The highest BCUT2D eigenvalue weighted by atomic mass is 15.0. The number of fused-ring (bicyclic) bond motifs is 2. The van der Waals surface area contributed by atoms with Crippen LogP contribution < -0.4 is 5.32 Å². The van der Waals surface area contributed by atoms with E-state index in [-0.39, 0.29) is 0 Å². The molecule has 0 aromatic carbocycles. The third-order valence-corrected chi connectivity index (χ3v) is 8.23. The molecule has 4 saturated carbocycles. The van der Waals surface area contributed by atoms with Gasteiger partial charge in [-0.2, -0.15) is 0 Å². The summed E-state index contributed by atoms with van der Waals surface area (Å²) in [7, 11) is 0. The van der Waals surface area contributed by atoms with Crippen molar-refractivity contribution >= 4 is 0 Å². The van der Waals surface area contributed by atoms with Gasteiger partial charge in [-0.05, 0) is 73.5 Å². The van der Waals surface area contributed by atoms with Gasteiger partial charge in [-0.15, -0.1) is 0 Å². The Morgan fingerprint density at radius 3 is 2.25 bits per heavy atom. The van der Waals surface area contributed by atoms with Gasteiger partial charge in [0.2, 0.25) is 0 Å². The molecule has 1 N–H and O–H groups in total. The molecule has 0 aromatic rings. The smallest absolute Gasteiger partial charge is 0.0131 e. The fourth-order valence-electron chi connectivity index (χ4n) is 6.12. The third kappa shape index (κ3) is 1.91. The molecule has 0 aromatic heterocycles. The molecule has 114 valence electrons. The summed E-state index contributed by atoms with van der Waals surface area (Å²) < 4.78 is 0. The summed E-state index contributed by atoms with van der Waals surface area (Å²) in [6.07, 6.45) is 13.4. The molecule has 4 aliphatic rings. The number of hydrogen-bond donors (Lipinski definition) is 1. The second-order valence-corrected chi connectivity index (χ2v) is 9.29. The van der Waals surface area contributed by atoms with E-state index in [1.54, 1.807) is 0 Å². The molecule has 20 heavy (non-hydrogen) atoms. The second kappa shape index (κ2) is 4.48. The lowest BCUT2D eigenvalue weighted by atomic mass is 9.69. The third-order valence-electron chi connectivity index (χ3n) is 8.23. The van der Waals surface area contributed by atoms with E-state index in [1.165, 1.54) is 57.8 Å². The van der Waals surface area contributed by atoms with Gasteiger partial charge in [-0.1, -0.05) is 33.6 Å². The summed E-state index contributed by atoms with van der Waals surface area (Å²) in [6.45, 7) is 7.67. The molecule has 4 fully saturated rings. The first-order chi connectivity index (χ1) is 9.50. The van der Waals surface area contributed by atoms with Crippen LogP contribution in [-0.4, -0.2) is 12.1 Å². The van der Waals surface area contributed by atoms with Crippen LogP contribution >= 0.6 is 0 Å². The van der Waals surface area contributed by atoms with Crippen LogP contribution in [-0.2, 0) is 0 Å². The van der Waals surface area contributed by atoms with E-state index in [1.807, 2.05) is 0 Å². The van der Waals surface area contributed by atoms with Gasteiger partial charge >= 0.3 is 0 Å². The maximum atomic E-state index is 4.16. The van der Waals surface area contributed by atoms with Crippen molar-refractivity contribution in [2.75, 3.05) is 0 Å². The lowest BCUT2D eigenvalue weighted by Gasteiger charge is -2.42. The maximum absolute atomic E-state index is 4.16. The topological polar surface area (TPSA) is 12.0 Å². The van der Waals surface area contributed by atoms with Crippen LogP contribution in [0.15, 0.2) is 0 Å². The van der Waals surface area contributed by atoms with E-state index >= 15 is 0 Å². The molecule has 5 unspecified atom stereocenters. The molecule has 0 spiro atoms. The Kier molecular flexibility index (Phi) is 3.05. The molecule has 1 heteroatoms. The van der Waals surface area contributed by atoms with Crippen LogP contribution in [0.2, 0.25) is 0 Å². The Bertz CT molecular complexity index is 383. The lowest BCUT2D eigenvalue weighted by Crippen LogP contribution is -2.49. The minimum Gasteiger partial charge on any atom is -0.311 e. The summed E-state index contributed by atoms with van der Waals surface area (Å²) in [5.74, 6) is 3.17. The number of nitrogens with one attached hydrogen (secondary N) is 1. The predicted octanol–water partition coefficient (Wildman–Crippen LogP) is 4.76. The van der Waals surface area contributed by atoms with Gasteiger partial charge in [-0.3, -0.25) is 0 Å². The van der Waals surface area contributed by atoms with Crippen molar-refractivity contribution in [1.82, 2.24) is 5.32 Å². The fraction of sp³-hybridized carbons (Fsp3) is 1.00. The first kappa shape index (κ1) is 13.6. The van der Waals surface area contributed by atoms with Crippen molar-refractivity contribution < 1.29 is 0 Å². The molecule has 0 radical (unpaired) electrons. The van der Waals surface area contributed by atoms with Crippen LogP contribution in [0.25, 0.3) is 0 Å². The van der Waals surface area contributed by atoms with Gasteiger partial charge in [0, 0.05) is 12.1 Å². The molecule has 0 heterocycles. The van der Waals surface area contributed by atoms with E-state index in [9.17, 15) is 0 Å². The summed E-state index contributed by atoms with van der Waals surface area (Å²) in [5.41, 5.74) is 1.12. The molecule has 0 aliphatic heterocycles. The Balaban J connectivity index is 1.42. The van der Waals surface area contributed by atoms with Crippen molar-refractivity contribution in [3.8, 4) is 0 Å². The van der Waals surface area contributed by atoms with Crippen LogP contribution in [0.1, 0.15) is 78.6 Å². The monoisotopic (exact) mass is 275 g/mol. The van der Waals surface area contributed by atoms with Crippen LogP contribution in [0, 0.1) is 28.6 Å². The molecular formula is C19H33N. The highest BCUT2D eigenvalue weighted by molar-refractivity contribution is 5.13. The highest BCUT2D eigenvalue weighted by Gasteiger charge is 2.61. The van der Waals surface area contributed by atoms with E-state index < -0.39 is 0 Å². The first-order valence-electron chi connectivity index (χ1n) is 9.27. The average molecular weight is 275 g/mol. The van der Waals surface area contributed by atoms with Crippen LogP contribution in [0.5, 0.6) is 0 Å². The quantitative estimate of drug-likeness (QED) is 0.783. The molecule has 5 atom stereocenters. The Hall–Kier alpha value is -0.0400. The normalized spacial score (nSPS) is 50.5. The second-order valence-electron chi connectivity index (χ2n) is 9.29. The highest BCUT2D eigenvalue weighted by Crippen LogP contribution is 2.65. The van der Waals surface area contributed by atoms with Crippen LogP contribution in [0.3, 0.4) is 0 Å². The molecule has 1 nitrogen and oxygen atoms in total. The summed E-state index contributed by atoms with van der Waals surface area (Å²) in [6, 6.07) is 1.64. The van der Waals surface area contributed by atoms with Crippen molar-refractivity contribution in [2.24, 2.45) is 28.6 Å². The van der Waals surface area contributed by atoms with Crippen molar-refractivity contribution in [3.05, 3.63) is 0 Å². The molecule has 0 saturated heterocycles. The van der Waals surface area contributed by atoms with Crippen molar-refractivity contribution in [3.63, 3.8) is 0 Å². The minimum absolute atomic E-state index is 0.560. The molecule has 4 aliphatic carbocycles. The summed E-state index contributed by atoms with van der Waals surface area (Å²) >= 11 is 0. The van der Waals surface area contributed by atoms with Gasteiger partial charge in [0.05, 0.1) is 0 Å². The van der Waals surface area contributed by atoms with Gasteiger partial charge < -0.3 is 5.32 Å². The zero-order valence-electron chi connectivity index (χ0n) is 13.8. The van der Waals surface area contributed by atoms with Gasteiger partial charge in [0.1, 0.15) is 0 Å². The molecule has 0 amide bonds. The zero-order valence-corrected chi connectivity index (χ0v) is 13.8. The predicted molar refractivity (Wildman–Crippen MR) is 84.6 cm³/mol. The molecular weight excluding hydrogens is 242 g/mol. The van der Waals surface area contributed by atoms with E-state index in [0.29, 0.717) is 10.8 Å².